The van der Waals surface area contributed by atoms with E-state index in [-0.39, 0.29) is 23.2 Å². The fourth-order valence-electron chi connectivity index (χ4n) is 10.7. The molecule has 0 fully saturated rings. The largest absolute Gasteiger partial charge is 0.456 e. The van der Waals surface area contributed by atoms with Gasteiger partial charge in [-0.2, -0.15) is 4.57 Å². The summed E-state index contributed by atoms with van der Waals surface area (Å²) in [4.78, 5) is 4.82. The quantitative estimate of drug-likeness (QED) is 0.131. The van der Waals surface area contributed by atoms with E-state index >= 15 is 4.39 Å². The Hall–Kier alpha value is -6.24. The summed E-state index contributed by atoms with van der Waals surface area (Å²) in [5, 5.41) is 3.61. The molecule has 0 amide bonds. The highest BCUT2D eigenvalue weighted by atomic mass is 28.3. The highest BCUT2D eigenvalue weighted by Gasteiger charge is 2.48. The Bertz CT molecular complexity index is 3100. The van der Waals surface area contributed by atoms with E-state index < -0.39 is 14.2 Å². The summed E-state index contributed by atoms with van der Waals surface area (Å²) in [5.74, 6) is -0.0554. The minimum absolute atomic E-state index is 0.0731. The van der Waals surface area contributed by atoms with Crippen LogP contribution in [0.2, 0.25) is 19.6 Å². The minimum atomic E-state index is -1.67. The summed E-state index contributed by atoms with van der Waals surface area (Å²) < 4.78 is 25.6. The van der Waals surface area contributed by atoms with Crippen molar-refractivity contribution in [2.45, 2.75) is 83.2 Å². The minimum Gasteiger partial charge on any atom is -0.456 e. The number of allylic oxidation sites excluding steroid dienone is 1. The molecule has 0 spiro atoms. The summed E-state index contributed by atoms with van der Waals surface area (Å²) >= 11 is 0. The van der Waals surface area contributed by atoms with Gasteiger partial charge in [-0.15, -0.1) is 0 Å². The van der Waals surface area contributed by atoms with E-state index in [1.165, 1.54) is 33.1 Å². The van der Waals surface area contributed by atoms with Crippen LogP contribution in [0.5, 0.6) is 0 Å². The van der Waals surface area contributed by atoms with Gasteiger partial charge in [-0.3, -0.25) is 0 Å². The topological polar surface area (TPSA) is 23.5 Å². The lowest BCUT2D eigenvalue weighted by Crippen LogP contribution is -2.53. The first kappa shape index (κ1) is 38.7. The first-order chi connectivity index (χ1) is 29.8. The standard InChI is InChI=1S/C56H53FN3OSi/c1-35-31-50-43(41-17-11-12-18-42(41)47-30-25-40(34-58(47)50)62(5,6)7)26-21-37-22-27-45-44-19-13-14-20-52(44)61-54(45)53(37)55-59(35)51-33-39(57)24-29-49(51)60(55)48-28-23-38(56(2,3)4)32-46(48)36-15-9-8-10-16-36/h8-20,22-25,27-30,32-34,43,50,55H,1,21,26,31H2,2-7H3/q+1. The average Bonchev–Trinajstić information content (AvgIpc) is 3.80. The van der Waals surface area contributed by atoms with E-state index in [1.54, 1.807) is 12.1 Å². The number of benzene rings is 6. The number of nitrogens with zero attached hydrogens (tertiary/aromatic N) is 3. The Morgan fingerprint density at radius 2 is 1.48 bits per heavy atom. The van der Waals surface area contributed by atoms with Gasteiger partial charge in [-0.25, -0.2) is 4.39 Å². The van der Waals surface area contributed by atoms with E-state index in [0.717, 1.165) is 74.2 Å². The molecule has 0 bridgehead atoms. The fraction of sp³-hybridized carbons (Fsp3) is 0.232. The first-order valence-corrected chi connectivity index (χ1v) is 25.7. The molecule has 3 aliphatic heterocycles. The van der Waals surface area contributed by atoms with E-state index in [2.05, 4.69) is 176 Å². The number of hydrogen-bond donors (Lipinski definition) is 0. The molecule has 11 rings (SSSR count). The van der Waals surface area contributed by atoms with Gasteiger partial charge in [0.15, 0.2) is 12.2 Å². The van der Waals surface area contributed by atoms with Gasteiger partial charge in [0.1, 0.15) is 23.1 Å². The molecular weight excluding hydrogens is 778 g/mol. The van der Waals surface area contributed by atoms with Gasteiger partial charge >= 0.3 is 0 Å². The Balaban J connectivity index is 1.21. The van der Waals surface area contributed by atoms with Crippen molar-refractivity contribution in [3.8, 4) is 22.4 Å². The van der Waals surface area contributed by atoms with Crippen LogP contribution < -0.4 is 19.6 Å². The Morgan fingerprint density at radius 3 is 2.29 bits per heavy atom. The number of hydrogen-bond acceptors (Lipinski definition) is 3. The van der Waals surface area contributed by atoms with E-state index in [1.807, 2.05) is 12.1 Å². The number of furan rings is 1. The van der Waals surface area contributed by atoms with Gasteiger partial charge < -0.3 is 14.2 Å². The van der Waals surface area contributed by atoms with Gasteiger partial charge in [0.25, 0.3) is 0 Å². The molecule has 0 saturated heterocycles. The highest BCUT2D eigenvalue weighted by Crippen LogP contribution is 2.58. The lowest BCUT2D eigenvalue weighted by atomic mass is 9.77. The predicted molar refractivity (Wildman–Crippen MR) is 257 cm³/mol. The molecule has 3 aliphatic rings. The van der Waals surface area contributed by atoms with Crippen molar-refractivity contribution >= 4 is 52.3 Å². The molecule has 2 aromatic heterocycles. The maximum absolute atomic E-state index is 16.0. The maximum Gasteiger partial charge on any atom is 0.213 e. The van der Waals surface area contributed by atoms with Crippen LogP contribution in [-0.2, 0) is 11.8 Å². The molecular formula is C56H53FN3OSi+. The molecule has 3 unspecified atom stereocenters. The number of aromatic nitrogens is 1. The molecule has 62 heavy (non-hydrogen) atoms. The van der Waals surface area contributed by atoms with Gasteiger partial charge in [0.05, 0.1) is 31.6 Å². The van der Waals surface area contributed by atoms with Gasteiger partial charge in [-0.1, -0.05) is 138 Å². The zero-order chi connectivity index (χ0) is 42.7. The zero-order valence-corrected chi connectivity index (χ0v) is 37.5. The van der Waals surface area contributed by atoms with Crippen LogP contribution in [-0.4, -0.2) is 8.07 Å². The number of anilines is 3. The van der Waals surface area contributed by atoms with E-state index in [0.29, 0.717) is 6.42 Å². The van der Waals surface area contributed by atoms with Crippen molar-refractivity contribution in [3.05, 3.63) is 186 Å². The molecule has 3 atom stereocenters. The van der Waals surface area contributed by atoms with Crippen LogP contribution in [0.1, 0.15) is 74.0 Å². The van der Waals surface area contributed by atoms with Crippen molar-refractivity contribution < 1.29 is 13.4 Å². The van der Waals surface area contributed by atoms with Gasteiger partial charge in [0.2, 0.25) is 5.69 Å². The Morgan fingerprint density at radius 1 is 0.726 bits per heavy atom. The van der Waals surface area contributed by atoms with Crippen molar-refractivity contribution in [1.82, 2.24) is 0 Å². The van der Waals surface area contributed by atoms with Crippen LogP contribution in [0.25, 0.3) is 44.3 Å². The number of rotatable bonds is 3. The van der Waals surface area contributed by atoms with Crippen molar-refractivity contribution in [2.24, 2.45) is 0 Å². The second-order valence-electron chi connectivity index (χ2n) is 19.7. The zero-order valence-electron chi connectivity index (χ0n) is 36.5. The monoisotopic (exact) mass is 830 g/mol. The third-order valence-electron chi connectivity index (χ3n) is 13.9. The number of aryl methyl sites for hydroxylation is 1. The molecule has 0 saturated carbocycles. The van der Waals surface area contributed by atoms with Crippen LogP contribution in [0, 0.1) is 5.82 Å². The summed E-state index contributed by atoms with van der Waals surface area (Å²) in [6.45, 7) is 19.1. The number of fused-ring (bicyclic) bond motifs is 15. The summed E-state index contributed by atoms with van der Waals surface area (Å²) in [5.41, 5.74) is 15.2. The molecule has 5 heterocycles. The van der Waals surface area contributed by atoms with Crippen LogP contribution in [0.4, 0.5) is 21.5 Å². The normalized spacial score (nSPS) is 18.5. The number of pyridine rings is 1. The molecule has 0 N–H and O–H groups in total. The molecule has 6 heteroatoms. The Kier molecular flexibility index (Phi) is 8.82. The second-order valence-corrected chi connectivity index (χ2v) is 24.8. The molecule has 0 aliphatic carbocycles. The lowest BCUT2D eigenvalue weighted by Gasteiger charge is -2.39. The van der Waals surface area contributed by atoms with Crippen LogP contribution in [0.3, 0.4) is 0 Å². The van der Waals surface area contributed by atoms with Crippen molar-refractivity contribution in [3.63, 3.8) is 0 Å². The van der Waals surface area contributed by atoms with Crippen molar-refractivity contribution in [1.29, 1.82) is 0 Å². The van der Waals surface area contributed by atoms with Gasteiger partial charge in [-0.05, 0) is 83.0 Å². The smallest absolute Gasteiger partial charge is 0.213 e. The van der Waals surface area contributed by atoms with Crippen molar-refractivity contribution in [2.75, 3.05) is 9.80 Å². The summed E-state index contributed by atoms with van der Waals surface area (Å²) in [7, 11) is -1.67. The number of para-hydroxylation sites is 1. The Labute approximate surface area is 365 Å². The van der Waals surface area contributed by atoms with Crippen LogP contribution in [0.15, 0.2) is 162 Å². The molecule has 8 aromatic rings. The number of halogens is 1. The highest BCUT2D eigenvalue weighted by molar-refractivity contribution is 6.88. The third-order valence-corrected chi connectivity index (χ3v) is 15.9. The lowest BCUT2D eigenvalue weighted by molar-refractivity contribution is -0.717. The molecule has 0 radical (unpaired) electrons. The fourth-order valence-corrected chi connectivity index (χ4v) is 11.8. The average molecular weight is 831 g/mol. The first-order valence-electron chi connectivity index (χ1n) is 22.2. The van der Waals surface area contributed by atoms with E-state index in [9.17, 15) is 0 Å². The second kappa shape index (κ2) is 14.1. The molecule has 308 valence electrons. The SMILES string of the molecule is C=C1CC2C(CCc3ccc4c(oc5ccccc54)c3C3N1c1cc(F)ccc1N3c1ccc(C(C)(C)C)cc1-c1ccccc1)c1ccccc1-c1ccc([Si](C)(C)C)c[n+]12. The molecule has 4 nitrogen and oxygen atoms in total. The third kappa shape index (κ3) is 6.09. The maximum atomic E-state index is 16.0. The van der Waals surface area contributed by atoms with Gasteiger partial charge in [0, 0.05) is 50.3 Å². The molecule has 6 aromatic carbocycles. The summed E-state index contributed by atoms with van der Waals surface area (Å²) in [6.07, 6.45) is 4.51. The van der Waals surface area contributed by atoms with Crippen LogP contribution >= 0.6 is 0 Å². The summed E-state index contributed by atoms with van der Waals surface area (Å²) in [6, 6.07) is 49.8. The predicted octanol–water partition coefficient (Wildman–Crippen LogP) is 14.0. The van der Waals surface area contributed by atoms with E-state index in [4.69, 9.17) is 11.0 Å².